The molecule has 0 unspecified atom stereocenters. The maximum atomic E-state index is 11.4. The first-order chi connectivity index (χ1) is 20.6. The second-order valence-corrected chi connectivity index (χ2v) is 15.2. The van der Waals surface area contributed by atoms with Crippen LogP contribution in [0.4, 0.5) is 9.59 Å². The van der Waals surface area contributed by atoms with Crippen LogP contribution in [0.25, 0.3) is 0 Å². The van der Waals surface area contributed by atoms with Gasteiger partial charge < -0.3 is 29.2 Å². The number of aryl methyl sites for hydroxylation is 2. The molecule has 2 aromatic heterocycles. The molecule has 256 valence electrons. The molecule has 0 aromatic carbocycles. The number of halogens is 2. The van der Waals surface area contributed by atoms with Gasteiger partial charge in [-0.15, -0.1) is 23.5 Å². The van der Waals surface area contributed by atoms with E-state index in [9.17, 15) is 9.59 Å². The molecule has 0 bridgehead atoms. The van der Waals surface area contributed by atoms with E-state index < -0.39 is 21.6 Å². The summed E-state index contributed by atoms with van der Waals surface area (Å²) in [5.74, 6) is 3.36. The topological polar surface area (TPSA) is 165 Å². The summed E-state index contributed by atoms with van der Waals surface area (Å²) in [4.78, 5) is 22.9. The van der Waals surface area contributed by atoms with Crippen molar-refractivity contribution in [3.8, 4) is 0 Å². The molecule has 45 heavy (non-hydrogen) atoms. The minimum atomic E-state index is -5.17. The molecule has 0 saturated carbocycles. The number of amides is 2. The lowest BCUT2D eigenvalue weighted by molar-refractivity contribution is -0.678. The number of hydrogen-bond acceptors (Lipinski definition) is 10. The highest BCUT2D eigenvalue weighted by atomic mass is 35.5. The van der Waals surface area contributed by atoms with Gasteiger partial charge in [0.2, 0.25) is 0 Å². The standard InChI is InChI=1S/2C14H21ClN2O2S.H2O4S/c2*1-14(2,3)19-13(18)16-6-8-20-10-12-9-11(15)5-7-17(12)4;1-5(2,3)4/h2*5,7,9H,6,8,10H2,1-4H3;(H2,1,2,3,4). The van der Waals surface area contributed by atoms with Gasteiger partial charge in [-0.2, -0.15) is 0 Å². The average molecular weight is 732 g/mol. The molecule has 2 rings (SSSR count). The van der Waals surface area contributed by atoms with E-state index >= 15 is 0 Å². The highest BCUT2D eigenvalue weighted by Crippen LogP contribution is 2.14. The molecule has 0 aliphatic rings. The van der Waals surface area contributed by atoms with Crippen molar-refractivity contribution in [3.63, 3.8) is 0 Å². The van der Waals surface area contributed by atoms with E-state index in [1.165, 1.54) is 0 Å². The lowest BCUT2D eigenvalue weighted by Crippen LogP contribution is -2.34. The van der Waals surface area contributed by atoms with Crippen LogP contribution in [0.2, 0.25) is 10.0 Å². The monoisotopic (exact) mass is 730 g/mol. The molecule has 2 N–H and O–H groups in total. The average Bonchev–Trinajstić information content (AvgIpc) is 2.85. The highest BCUT2D eigenvalue weighted by Gasteiger charge is 2.16. The summed E-state index contributed by atoms with van der Waals surface area (Å²) in [5, 5.41) is 6.96. The number of thioether (sulfide) groups is 2. The van der Waals surface area contributed by atoms with E-state index in [4.69, 9.17) is 50.2 Å². The van der Waals surface area contributed by atoms with Gasteiger partial charge in [-0.3, -0.25) is 8.42 Å². The second-order valence-electron chi connectivity index (χ2n) is 11.3. The van der Waals surface area contributed by atoms with Crippen LogP contribution in [0.3, 0.4) is 0 Å². The normalized spacial score (nSPS) is 11.3. The number of rotatable bonds is 10. The third-order valence-corrected chi connectivity index (χ3v) is 7.21. The maximum Gasteiger partial charge on any atom is 0.407 e. The summed E-state index contributed by atoms with van der Waals surface area (Å²) in [6, 6.07) is 7.63. The molecule has 0 spiro atoms. The van der Waals surface area contributed by atoms with Crippen LogP contribution >= 0.6 is 46.7 Å². The van der Waals surface area contributed by atoms with Gasteiger partial charge in [0.05, 0.1) is 21.6 Å². The van der Waals surface area contributed by atoms with Crippen molar-refractivity contribution >= 4 is 69.3 Å². The molecule has 0 saturated heterocycles. The smallest absolute Gasteiger partial charge is 0.407 e. The Morgan fingerprint density at radius 2 is 1.09 bits per heavy atom. The van der Waals surface area contributed by atoms with Gasteiger partial charge in [0.15, 0.2) is 23.8 Å². The van der Waals surface area contributed by atoms with Gasteiger partial charge in [-0.25, -0.2) is 18.7 Å². The van der Waals surface area contributed by atoms with Crippen molar-refractivity contribution in [2.45, 2.75) is 64.3 Å². The Morgan fingerprint density at radius 1 is 0.778 bits per heavy atom. The third kappa shape index (κ3) is 26.9. The van der Waals surface area contributed by atoms with Crippen molar-refractivity contribution in [3.05, 3.63) is 58.1 Å². The molecule has 0 fully saturated rings. The minimum absolute atomic E-state index is 0.369. The zero-order chi connectivity index (χ0) is 34.8. The number of carbonyl (C=O) groups excluding carboxylic acids is 2. The molecule has 0 aliphatic carbocycles. The predicted octanol–water partition coefficient (Wildman–Crippen LogP) is 4.51. The SMILES string of the molecule is C[n+]1ccc(Cl)cc1CSCCNC(=O)OC(C)(C)C.C[n+]1ccc(Cl)cc1CSCCNC(=O)OC(C)(C)C.O=S(=O)([O-])[O-]. The van der Waals surface area contributed by atoms with Crippen LogP contribution in [-0.2, 0) is 45.5 Å². The molecule has 0 atom stereocenters. The first-order valence-corrected chi connectivity index (χ1v) is 18.0. The first-order valence-electron chi connectivity index (χ1n) is 13.6. The van der Waals surface area contributed by atoms with E-state index in [1.807, 2.05) is 101 Å². The molecule has 2 heterocycles. The van der Waals surface area contributed by atoms with E-state index in [1.54, 1.807) is 23.5 Å². The number of nitrogens with zero attached hydrogens (tertiary/aromatic N) is 2. The summed E-state index contributed by atoms with van der Waals surface area (Å²) >= 11 is 15.4. The molecule has 12 nitrogen and oxygen atoms in total. The Labute approximate surface area is 285 Å². The molecule has 17 heteroatoms. The Balaban J connectivity index is 0.000000748. The fraction of sp³-hybridized carbons (Fsp3) is 0.571. The van der Waals surface area contributed by atoms with Gasteiger partial charge in [-0.1, -0.05) is 23.2 Å². The molecule has 0 radical (unpaired) electrons. The maximum absolute atomic E-state index is 11.4. The summed E-state index contributed by atoms with van der Waals surface area (Å²) in [5.41, 5.74) is 1.40. The molecule has 2 aromatic rings. The second kappa shape index (κ2) is 21.0. The molecular weight excluding hydrogens is 687 g/mol. The van der Waals surface area contributed by atoms with Gasteiger partial charge in [0.1, 0.15) is 25.3 Å². The van der Waals surface area contributed by atoms with Crippen LogP contribution in [0.5, 0.6) is 0 Å². The summed E-state index contributed by atoms with van der Waals surface area (Å²) < 4.78 is 48.5. The van der Waals surface area contributed by atoms with E-state index in [2.05, 4.69) is 10.6 Å². The van der Waals surface area contributed by atoms with E-state index in [0.29, 0.717) is 13.1 Å². The zero-order valence-electron chi connectivity index (χ0n) is 26.8. The van der Waals surface area contributed by atoms with Crippen LogP contribution in [0.15, 0.2) is 36.7 Å². The van der Waals surface area contributed by atoms with Crippen molar-refractivity contribution in [1.29, 1.82) is 0 Å². The van der Waals surface area contributed by atoms with E-state index in [0.717, 1.165) is 44.4 Å². The number of ether oxygens (including phenoxy) is 2. The highest BCUT2D eigenvalue weighted by molar-refractivity contribution is 7.98. The summed E-state index contributed by atoms with van der Waals surface area (Å²) in [6.45, 7) is 12.3. The van der Waals surface area contributed by atoms with Crippen LogP contribution in [0, 0.1) is 0 Å². The van der Waals surface area contributed by atoms with Gasteiger partial charge in [-0.05, 0) is 41.5 Å². The van der Waals surface area contributed by atoms with Crippen molar-refractivity contribution in [1.82, 2.24) is 10.6 Å². The Kier molecular flexibility index (Phi) is 20.0. The van der Waals surface area contributed by atoms with Crippen molar-refractivity contribution in [2.24, 2.45) is 14.1 Å². The number of aromatic nitrogens is 2. The Bertz CT molecular complexity index is 1230. The summed E-state index contributed by atoms with van der Waals surface area (Å²) in [7, 11) is -1.18. The Morgan fingerprint density at radius 3 is 1.38 bits per heavy atom. The number of nitrogens with one attached hydrogen (secondary N) is 2. The molecule has 0 aliphatic heterocycles. The predicted molar refractivity (Wildman–Crippen MR) is 177 cm³/mol. The fourth-order valence-corrected chi connectivity index (χ4v) is 5.03. The van der Waals surface area contributed by atoms with Crippen LogP contribution in [-0.4, -0.2) is 65.5 Å². The fourth-order valence-electron chi connectivity index (χ4n) is 2.90. The largest absolute Gasteiger partial charge is 0.759 e. The molecule has 2 amide bonds. The Hall–Kier alpha value is -2.01. The lowest BCUT2D eigenvalue weighted by Gasteiger charge is -2.19. The zero-order valence-corrected chi connectivity index (χ0v) is 30.8. The number of pyridine rings is 2. The first kappa shape index (κ1) is 43.0. The van der Waals surface area contributed by atoms with Crippen LogP contribution < -0.4 is 19.8 Å². The van der Waals surface area contributed by atoms with Crippen molar-refractivity contribution < 1.29 is 45.7 Å². The number of hydrogen-bond donors (Lipinski definition) is 2. The number of alkyl carbamates (subject to hydrolysis) is 2. The third-order valence-electron chi connectivity index (χ3n) is 4.76. The summed E-state index contributed by atoms with van der Waals surface area (Å²) in [6.07, 6.45) is 3.15. The van der Waals surface area contributed by atoms with Crippen LogP contribution in [0.1, 0.15) is 52.9 Å². The quantitative estimate of drug-likeness (QED) is 0.154. The molecular formula is C28H44Cl2N4O8S3. The lowest BCUT2D eigenvalue weighted by atomic mass is 10.2. The number of carbonyl (C=O) groups is 2. The van der Waals surface area contributed by atoms with Crippen molar-refractivity contribution in [2.75, 3.05) is 24.6 Å². The van der Waals surface area contributed by atoms with Gasteiger partial charge >= 0.3 is 12.2 Å². The minimum Gasteiger partial charge on any atom is -0.759 e. The van der Waals surface area contributed by atoms with Gasteiger partial charge in [0, 0.05) is 59.3 Å². The van der Waals surface area contributed by atoms with E-state index in [-0.39, 0.29) is 12.2 Å². The van der Waals surface area contributed by atoms with Gasteiger partial charge in [0.25, 0.3) is 0 Å².